The van der Waals surface area contributed by atoms with Crippen molar-refractivity contribution in [2.45, 2.75) is 181 Å². The average Bonchev–Trinajstić information content (AvgIpc) is 3.38. The highest BCUT2D eigenvalue weighted by atomic mass is 16.5. The Balaban J connectivity index is 1.24. The van der Waals surface area contributed by atoms with Crippen molar-refractivity contribution in [2.75, 3.05) is 7.11 Å². The fourth-order valence-electron chi connectivity index (χ4n) is 11.0. The number of unbranched alkanes of at least 4 members (excludes halogenated alkanes) is 10. The minimum Gasteiger partial charge on any atom is -0.469 e. The predicted octanol–water partition coefficient (Wildman–Crippen LogP) is 8.79. The Kier molecular flexibility index (Phi) is 13.7. The van der Waals surface area contributed by atoms with Crippen molar-refractivity contribution in [2.24, 2.45) is 46.3 Å². The molecule has 0 aliphatic heterocycles. The van der Waals surface area contributed by atoms with E-state index >= 15 is 0 Å². The third-order valence-electron chi connectivity index (χ3n) is 13.8. The van der Waals surface area contributed by atoms with E-state index in [4.69, 9.17) is 9.47 Å². The number of ether oxygens (including phenoxy) is 2. The number of aliphatic hydroxyl groups is 2. The standard InChI is InChI=1S/C39H68O6/c1-6-7-8-9-10-11-12-13-14-15-16-17-36(43)45-29-22-23-38(3)28(24-29)25-33(40)37-31-20-19-30(27(2)18-21-35(42)44-5)39(31,4)34(41)26-32(37)38/h27-34,37,40-41H,6-26H2,1-5H3/t27-,28+,29-,30-,31+,32+,33-,34+,37+,38+,39-/m1/s1. The number of methoxy groups -OCH3 is 1. The van der Waals surface area contributed by atoms with Crippen molar-refractivity contribution in [3.8, 4) is 0 Å². The summed E-state index contributed by atoms with van der Waals surface area (Å²) in [6.45, 7) is 9.18. The van der Waals surface area contributed by atoms with E-state index in [0.717, 1.165) is 64.2 Å². The van der Waals surface area contributed by atoms with Crippen molar-refractivity contribution in [3.05, 3.63) is 0 Å². The van der Waals surface area contributed by atoms with Crippen LogP contribution in [0.4, 0.5) is 0 Å². The largest absolute Gasteiger partial charge is 0.469 e. The number of rotatable bonds is 17. The highest BCUT2D eigenvalue weighted by molar-refractivity contribution is 5.69. The molecule has 6 heteroatoms. The maximum atomic E-state index is 12.8. The molecule has 0 aromatic rings. The van der Waals surface area contributed by atoms with Gasteiger partial charge in [-0.25, -0.2) is 0 Å². The van der Waals surface area contributed by atoms with E-state index < -0.39 is 6.10 Å². The number of carbonyl (C=O) groups is 2. The van der Waals surface area contributed by atoms with Gasteiger partial charge in [-0.2, -0.15) is 0 Å². The summed E-state index contributed by atoms with van der Waals surface area (Å²) in [7, 11) is 1.45. The molecule has 45 heavy (non-hydrogen) atoms. The van der Waals surface area contributed by atoms with Crippen LogP contribution >= 0.6 is 0 Å². The number of esters is 2. The molecule has 6 nitrogen and oxygen atoms in total. The van der Waals surface area contributed by atoms with E-state index in [9.17, 15) is 19.8 Å². The Labute approximate surface area is 275 Å². The van der Waals surface area contributed by atoms with Gasteiger partial charge in [0.1, 0.15) is 6.10 Å². The highest BCUT2D eigenvalue weighted by Crippen LogP contribution is 2.68. The lowest BCUT2D eigenvalue weighted by atomic mass is 9.43. The molecular formula is C39H68O6. The second-order valence-electron chi connectivity index (χ2n) is 16.4. The first kappa shape index (κ1) is 36.7. The lowest BCUT2D eigenvalue weighted by Crippen LogP contribution is -2.62. The van der Waals surface area contributed by atoms with Crippen molar-refractivity contribution in [3.63, 3.8) is 0 Å². The first-order valence-electron chi connectivity index (χ1n) is 19.2. The van der Waals surface area contributed by atoms with Gasteiger partial charge in [0, 0.05) is 12.8 Å². The first-order chi connectivity index (χ1) is 21.6. The van der Waals surface area contributed by atoms with Gasteiger partial charge >= 0.3 is 11.9 Å². The van der Waals surface area contributed by atoms with E-state index in [1.165, 1.54) is 64.9 Å². The molecule has 4 aliphatic carbocycles. The fourth-order valence-corrected chi connectivity index (χ4v) is 11.0. The molecule has 2 N–H and O–H groups in total. The third-order valence-corrected chi connectivity index (χ3v) is 13.8. The lowest BCUT2D eigenvalue weighted by Gasteiger charge is -2.63. The van der Waals surface area contributed by atoms with E-state index in [0.29, 0.717) is 36.5 Å². The molecule has 0 radical (unpaired) electrons. The molecule has 260 valence electrons. The summed E-state index contributed by atoms with van der Waals surface area (Å²) in [5.74, 6) is 1.56. The van der Waals surface area contributed by atoms with Gasteiger partial charge in [-0.3, -0.25) is 9.59 Å². The van der Waals surface area contributed by atoms with Crippen LogP contribution in [0.25, 0.3) is 0 Å². The van der Waals surface area contributed by atoms with Gasteiger partial charge in [-0.1, -0.05) is 91.9 Å². The van der Waals surface area contributed by atoms with Crippen LogP contribution in [0.3, 0.4) is 0 Å². The summed E-state index contributed by atoms with van der Waals surface area (Å²) in [4.78, 5) is 24.6. The molecule has 4 rings (SSSR count). The van der Waals surface area contributed by atoms with Gasteiger partial charge in [0.2, 0.25) is 0 Å². The second-order valence-corrected chi connectivity index (χ2v) is 16.4. The molecule has 4 fully saturated rings. The van der Waals surface area contributed by atoms with Gasteiger partial charge in [-0.15, -0.1) is 0 Å². The molecule has 0 heterocycles. The van der Waals surface area contributed by atoms with Gasteiger partial charge in [-0.05, 0) is 104 Å². The Morgan fingerprint density at radius 2 is 1.44 bits per heavy atom. The van der Waals surface area contributed by atoms with Crippen LogP contribution in [-0.4, -0.2) is 47.6 Å². The Hall–Kier alpha value is -1.14. The molecule has 0 aromatic carbocycles. The topological polar surface area (TPSA) is 93.1 Å². The van der Waals surface area contributed by atoms with E-state index in [1.807, 2.05) is 0 Å². The number of carbonyl (C=O) groups excluding carboxylic acids is 2. The molecule has 0 unspecified atom stereocenters. The fraction of sp³-hybridized carbons (Fsp3) is 0.949. The summed E-state index contributed by atoms with van der Waals surface area (Å²) in [6.07, 6.45) is 21.2. The highest BCUT2D eigenvalue weighted by Gasteiger charge is 2.65. The average molecular weight is 633 g/mol. The molecule has 0 saturated heterocycles. The van der Waals surface area contributed by atoms with E-state index in [-0.39, 0.29) is 46.8 Å². The molecule has 0 spiro atoms. The van der Waals surface area contributed by atoms with Crippen molar-refractivity contribution in [1.82, 2.24) is 0 Å². The van der Waals surface area contributed by atoms with Gasteiger partial charge < -0.3 is 19.7 Å². The normalized spacial score (nSPS) is 38.1. The number of fused-ring (bicyclic) bond motifs is 5. The maximum absolute atomic E-state index is 12.8. The lowest BCUT2D eigenvalue weighted by molar-refractivity contribution is -0.209. The molecular weight excluding hydrogens is 564 g/mol. The minimum atomic E-state index is -0.402. The third kappa shape index (κ3) is 8.48. The van der Waals surface area contributed by atoms with Crippen LogP contribution in [0, 0.1) is 46.3 Å². The van der Waals surface area contributed by atoms with Gasteiger partial charge in [0.05, 0.1) is 19.3 Å². The Bertz CT molecular complexity index is 936. The van der Waals surface area contributed by atoms with Crippen LogP contribution in [0.15, 0.2) is 0 Å². The molecule has 4 saturated carbocycles. The summed E-state index contributed by atoms with van der Waals surface area (Å²) in [5.41, 5.74) is -0.179. The number of hydrogen-bond donors (Lipinski definition) is 2. The summed E-state index contributed by atoms with van der Waals surface area (Å²) < 4.78 is 10.9. The van der Waals surface area contributed by atoms with Crippen LogP contribution in [-0.2, 0) is 19.1 Å². The van der Waals surface area contributed by atoms with Gasteiger partial charge in [0.25, 0.3) is 0 Å². The number of hydrogen-bond acceptors (Lipinski definition) is 6. The van der Waals surface area contributed by atoms with E-state index in [2.05, 4.69) is 27.7 Å². The Morgan fingerprint density at radius 3 is 2.09 bits per heavy atom. The van der Waals surface area contributed by atoms with Crippen molar-refractivity contribution in [1.29, 1.82) is 0 Å². The quantitative estimate of drug-likeness (QED) is 0.123. The Morgan fingerprint density at radius 1 is 0.800 bits per heavy atom. The summed E-state index contributed by atoms with van der Waals surface area (Å²) in [6, 6.07) is 0. The monoisotopic (exact) mass is 633 g/mol. The maximum Gasteiger partial charge on any atom is 0.306 e. The van der Waals surface area contributed by atoms with Crippen LogP contribution < -0.4 is 0 Å². The van der Waals surface area contributed by atoms with Crippen molar-refractivity contribution >= 4 is 11.9 Å². The zero-order chi connectivity index (χ0) is 32.6. The SMILES string of the molecule is CCCCCCCCCCCCCC(=O)O[C@@H]1CC[C@@]2(C)[C@@H](C1)C[C@@H](O)[C@@H]1[C@@H]2C[C@H](O)[C@]2(C)[C@@H]([C@H](C)CCC(=O)OC)CC[C@@H]12. The van der Waals surface area contributed by atoms with Crippen molar-refractivity contribution < 1.29 is 29.3 Å². The first-order valence-corrected chi connectivity index (χ1v) is 19.2. The zero-order valence-corrected chi connectivity index (χ0v) is 29.6. The number of aliphatic hydroxyl groups excluding tert-OH is 2. The summed E-state index contributed by atoms with van der Waals surface area (Å²) >= 11 is 0. The van der Waals surface area contributed by atoms with Crippen LogP contribution in [0.2, 0.25) is 0 Å². The molecule has 0 amide bonds. The zero-order valence-electron chi connectivity index (χ0n) is 29.6. The van der Waals surface area contributed by atoms with E-state index in [1.54, 1.807) is 0 Å². The molecule has 0 aromatic heterocycles. The van der Waals surface area contributed by atoms with Crippen LogP contribution in [0.5, 0.6) is 0 Å². The predicted molar refractivity (Wildman–Crippen MR) is 179 cm³/mol. The smallest absolute Gasteiger partial charge is 0.306 e. The van der Waals surface area contributed by atoms with Crippen LogP contribution in [0.1, 0.15) is 163 Å². The summed E-state index contributed by atoms with van der Waals surface area (Å²) in [5, 5.41) is 23.6. The second kappa shape index (κ2) is 16.8. The minimum absolute atomic E-state index is 0.0441. The molecule has 0 bridgehead atoms. The van der Waals surface area contributed by atoms with Gasteiger partial charge in [0.15, 0.2) is 0 Å². The molecule has 11 atom stereocenters. The molecule has 4 aliphatic rings.